The third kappa shape index (κ3) is 2.76. The number of allylic oxidation sites excluding steroid dienone is 1. The second kappa shape index (κ2) is 5.73. The summed E-state index contributed by atoms with van der Waals surface area (Å²) >= 11 is 1.53. The number of thiophene rings is 1. The molecule has 0 amide bonds. The summed E-state index contributed by atoms with van der Waals surface area (Å²) in [5.74, 6) is 0.745. The fourth-order valence-electron chi connectivity index (χ4n) is 1.88. The van der Waals surface area contributed by atoms with E-state index in [1.165, 1.54) is 11.3 Å². The van der Waals surface area contributed by atoms with E-state index in [9.17, 15) is 5.26 Å². The fraction of sp³-hybridized carbons (Fsp3) is 0.0625. The summed E-state index contributed by atoms with van der Waals surface area (Å²) in [6.07, 6.45) is 1.76. The predicted molar refractivity (Wildman–Crippen MR) is 82.3 cm³/mol. The monoisotopic (exact) mass is 293 g/mol. The van der Waals surface area contributed by atoms with Crippen molar-refractivity contribution in [3.8, 4) is 16.8 Å². The van der Waals surface area contributed by atoms with Gasteiger partial charge in [-0.05, 0) is 35.6 Å². The number of aryl methyl sites for hydroxylation is 1. The van der Waals surface area contributed by atoms with Crippen LogP contribution in [0.25, 0.3) is 22.4 Å². The van der Waals surface area contributed by atoms with Gasteiger partial charge in [-0.3, -0.25) is 0 Å². The summed E-state index contributed by atoms with van der Waals surface area (Å²) in [5.41, 5.74) is 2.41. The predicted octanol–water partition coefficient (Wildman–Crippen LogP) is 4.17. The van der Waals surface area contributed by atoms with E-state index in [-0.39, 0.29) is 5.89 Å². The smallest absolute Gasteiger partial charge is 0.268 e. The standard InChI is InChI=1S/C16H11N3OS/c1-11-5-2-3-6-12(11)9-13(10-17)16-18-15(19-20-16)14-7-4-8-21-14/h2-9H,1H3/b13-9+. The van der Waals surface area contributed by atoms with E-state index in [2.05, 4.69) is 16.2 Å². The van der Waals surface area contributed by atoms with Crippen LogP contribution in [0.4, 0.5) is 0 Å². The molecule has 4 nitrogen and oxygen atoms in total. The zero-order valence-electron chi connectivity index (χ0n) is 11.3. The molecule has 0 N–H and O–H groups in total. The van der Waals surface area contributed by atoms with Crippen molar-refractivity contribution in [3.05, 3.63) is 58.8 Å². The van der Waals surface area contributed by atoms with Crippen molar-refractivity contribution in [3.63, 3.8) is 0 Å². The second-order valence-electron chi connectivity index (χ2n) is 4.43. The quantitative estimate of drug-likeness (QED) is 0.680. The molecular formula is C16H11N3OS. The van der Waals surface area contributed by atoms with Gasteiger partial charge >= 0.3 is 0 Å². The number of aromatic nitrogens is 2. The van der Waals surface area contributed by atoms with Gasteiger partial charge in [-0.15, -0.1) is 11.3 Å². The SMILES string of the molecule is Cc1ccccc1/C=C(\C#N)c1nc(-c2cccs2)no1. The minimum atomic E-state index is 0.240. The highest BCUT2D eigenvalue weighted by Crippen LogP contribution is 2.24. The first-order valence-electron chi connectivity index (χ1n) is 6.33. The number of hydrogen-bond donors (Lipinski definition) is 0. The molecule has 0 saturated carbocycles. The molecule has 0 radical (unpaired) electrons. The Morgan fingerprint density at radius 1 is 1.29 bits per heavy atom. The van der Waals surface area contributed by atoms with Crippen molar-refractivity contribution in [2.45, 2.75) is 6.92 Å². The van der Waals surface area contributed by atoms with Crippen LogP contribution < -0.4 is 0 Å². The van der Waals surface area contributed by atoms with Crippen molar-refractivity contribution in [2.24, 2.45) is 0 Å². The maximum absolute atomic E-state index is 9.33. The summed E-state index contributed by atoms with van der Waals surface area (Å²) in [6, 6.07) is 13.8. The Labute approximate surface area is 126 Å². The summed E-state index contributed by atoms with van der Waals surface area (Å²) in [5, 5.41) is 15.2. The summed E-state index contributed by atoms with van der Waals surface area (Å²) < 4.78 is 5.21. The lowest BCUT2D eigenvalue weighted by molar-refractivity contribution is 0.409. The van der Waals surface area contributed by atoms with Crippen LogP contribution >= 0.6 is 11.3 Å². The molecule has 2 heterocycles. The first-order valence-corrected chi connectivity index (χ1v) is 7.21. The van der Waals surface area contributed by atoms with Gasteiger partial charge in [0, 0.05) is 0 Å². The maximum Gasteiger partial charge on any atom is 0.268 e. The molecular weight excluding hydrogens is 282 g/mol. The van der Waals surface area contributed by atoms with Crippen molar-refractivity contribution in [2.75, 3.05) is 0 Å². The Balaban J connectivity index is 1.98. The second-order valence-corrected chi connectivity index (χ2v) is 5.37. The third-order valence-corrected chi connectivity index (χ3v) is 3.87. The summed E-state index contributed by atoms with van der Waals surface area (Å²) in [4.78, 5) is 5.21. The first-order chi connectivity index (χ1) is 10.3. The van der Waals surface area contributed by atoms with E-state index < -0.39 is 0 Å². The summed E-state index contributed by atoms with van der Waals surface area (Å²) in [7, 11) is 0. The minimum absolute atomic E-state index is 0.240. The van der Waals surface area contributed by atoms with Crippen molar-refractivity contribution in [1.82, 2.24) is 10.1 Å². The Morgan fingerprint density at radius 3 is 2.86 bits per heavy atom. The molecule has 21 heavy (non-hydrogen) atoms. The van der Waals surface area contributed by atoms with Crippen molar-refractivity contribution >= 4 is 23.0 Å². The van der Waals surface area contributed by atoms with Gasteiger partial charge in [-0.25, -0.2) is 0 Å². The highest BCUT2D eigenvalue weighted by Gasteiger charge is 2.13. The van der Waals surface area contributed by atoms with Crippen molar-refractivity contribution in [1.29, 1.82) is 5.26 Å². The number of hydrogen-bond acceptors (Lipinski definition) is 5. The van der Waals surface area contributed by atoms with E-state index in [1.807, 2.05) is 48.7 Å². The number of rotatable bonds is 3. The average Bonchev–Trinajstić information content (AvgIpc) is 3.17. The molecule has 2 aromatic heterocycles. The van der Waals surface area contributed by atoms with Crippen LogP contribution in [0.1, 0.15) is 17.0 Å². The lowest BCUT2D eigenvalue weighted by atomic mass is 10.1. The fourth-order valence-corrected chi connectivity index (χ4v) is 2.53. The summed E-state index contributed by atoms with van der Waals surface area (Å²) in [6.45, 7) is 1.99. The van der Waals surface area contributed by atoms with E-state index in [0.29, 0.717) is 11.4 Å². The van der Waals surface area contributed by atoms with E-state index in [0.717, 1.165) is 16.0 Å². The average molecular weight is 293 g/mol. The topological polar surface area (TPSA) is 62.7 Å². The minimum Gasteiger partial charge on any atom is -0.333 e. The number of nitrogens with zero attached hydrogens (tertiary/aromatic N) is 3. The molecule has 0 aliphatic carbocycles. The molecule has 0 aliphatic heterocycles. The van der Waals surface area contributed by atoms with E-state index in [4.69, 9.17) is 4.52 Å². The van der Waals surface area contributed by atoms with Crippen molar-refractivity contribution < 1.29 is 4.52 Å². The molecule has 0 bridgehead atoms. The zero-order chi connectivity index (χ0) is 14.7. The molecule has 0 fully saturated rings. The van der Waals surface area contributed by atoms with Crippen LogP contribution in [0, 0.1) is 18.3 Å². The highest BCUT2D eigenvalue weighted by molar-refractivity contribution is 7.13. The molecule has 1 aromatic carbocycles. The van der Waals surface area contributed by atoms with Gasteiger partial charge in [0.2, 0.25) is 5.82 Å². The zero-order valence-corrected chi connectivity index (χ0v) is 12.1. The molecule has 0 unspecified atom stereocenters. The maximum atomic E-state index is 9.33. The van der Waals surface area contributed by atoms with Gasteiger partial charge in [0.1, 0.15) is 11.6 Å². The Morgan fingerprint density at radius 2 is 2.14 bits per heavy atom. The molecule has 5 heteroatoms. The molecule has 0 spiro atoms. The van der Waals surface area contributed by atoms with Gasteiger partial charge in [0.05, 0.1) is 4.88 Å². The number of benzene rings is 1. The van der Waals surface area contributed by atoms with Crippen LogP contribution in [-0.4, -0.2) is 10.1 Å². The van der Waals surface area contributed by atoms with Crippen LogP contribution in [0.2, 0.25) is 0 Å². The van der Waals surface area contributed by atoms with Crippen LogP contribution in [0.15, 0.2) is 46.3 Å². The molecule has 3 rings (SSSR count). The van der Waals surface area contributed by atoms with Gasteiger partial charge in [0.25, 0.3) is 5.89 Å². The Bertz CT molecular complexity index is 825. The van der Waals surface area contributed by atoms with Gasteiger partial charge in [0.15, 0.2) is 0 Å². The van der Waals surface area contributed by atoms with E-state index in [1.54, 1.807) is 6.08 Å². The van der Waals surface area contributed by atoms with Crippen LogP contribution in [0.5, 0.6) is 0 Å². The van der Waals surface area contributed by atoms with Crippen LogP contribution in [-0.2, 0) is 0 Å². The van der Waals surface area contributed by atoms with Gasteiger partial charge < -0.3 is 4.52 Å². The lowest BCUT2D eigenvalue weighted by Crippen LogP contribution is -1.85. The highest BCUT2D eigenvalue weighted by atomic mass is 32.1. The molecule has 102 valence electrons. The molecule has 0 saturated heterocycles. The van der Waals surface area contributed by atoms with Crippen LogP contribution in [0.3, 0.4) is 0 Å². The molecule has 0 atom stereocenters. The lowest BCUT2D eigenvalue weighted by Gasteiger charge is -1.98. The van der Waals surface area contributed by atoms with Gasteiger partial charge in [-0.2, -0.15) is 10.2 Å². The molecule has 3 aromatic rings. The Kier molecular flexibility index (Phi) is 3.63. The molecule has 0 aliphatic rings. The Hall–Kier alpha value is -2.71. The first kappa shape index (κ1) is 13.3. The number of nitriles is 1. The normalized spacial score (nSPS) is 11.3. The van der Waals surface area contributed by atoms with E-state index >= 15 is 0 Å². The third-order valence-electron chi connectivity index (χ3n) is 3.01. The largest absolute Gasteiger partial charge is 0.333 e. The van der Waals surface area contributed by atoms with Gasteiger partial charge in [-0.1, -0.05) is 35.5 Å².